The summed E-state index contributed by atoms with van der Waals surface area (Å²) in [5.41, 5.74) is 0. The molecule has 4 heteroatoms. The van der Waals surface area contributed by atoms with Gasteiger partial charge in [-0.3, -0.25) is 4.79 Å². The first-order chi connectivity index (χ1) is 10.6. The maximum Gasteiger partial charge on any atom is 0.303 e. The molecule has 0 amide bonds. The Hall–Kier alpha value is -0.610. The molecular weight excluding hydrogens is 278 g/mol. The Morgan fingerprint density at radius 2 is 1.50 bits per heavy atom. The monoisotopic (exact) mass is 313 g/mol. The third-order valence-corrected chi connectivity index (χ3v) is 4.83. The minimum Gasteiger partial charge on any atom is -0.481 e. The second kappa shape index (κ2) is 11.9. The van der Waals surface area contributed by atoms with Crippen molar-refractivity contribution < 1.29 is 15.0 Å². The van der Waals surface area contributed by atoms with E-state index in [9.17, 15) is 9.90 Å². The molecule has 1 fully saturated rings. The highest BCUT2D eigenvalue weighted by atomic mass is 16.4. The third-order valence-electron chi connectivity index (χ3n) is 4.83. The molecule has 0 unspecified atom stereocenters. The smallest absolute Gasteiger partial charge is 0.303 e. The molecule has 0 aromatic rings. The van der Waals surface area contributed by atoms with Crippen molar-refractivity contribution in [1.29, 1.82) is 0 Å². The quantitative estimate of drug-likeness (QED) is 0.478. The van der Waals surface area contributed by atoms with E-state index < -0.39 is 5.97 Å². The summed E-state index contributed by atoms with van der Waals surface area (Å²) in [5, 5.41) is 21.7. The zero-order valence-electron chi connectivity index (χ0n) is 14.2. The summed E-state index contributed by atoms with van der Waals surface area (Å²) >= 11 is 0. The molecule has 0 aliphatic carbocycles. The minimum absolute atomic E-state index is 0.160. The van der Waals surface area contributed by atoms with Gasteiger partial charge in [-0.25, -0.2) is 0 Å². The number of carboxylic acids is 1. The van der Waals surface area contributed by atoms with Gasteiger partial charge in [0.2, 0.25) is 0 Å². The number of aliphatic carboxylic acids is 1. The van der Waals surface area contributed by atoms with E-state index in [2.05, 4.69) is 12.2 Å². The van der Waals surface area contributed by atoms with Crippen LogP contribution >= 0.6 is 0 Å². The van der Waals surface area contributed by atoms with Gasteiger partial charge in [-0.1, -0.05) is 51.4 Å². The SMILES string of the molecule is C[C@@H]1N[C@H](CCCCCCCCCCCC(=O)O)CC[C@@H]1O. The maximum absolute atomic E-state index is 10.4. The first-order valence-electron chi connectivity index (χ1n) is 9.25. The van der Waals surface area contributed by atoms with E-state index in [1.165, 1.54) is 51.4 Å². The van der Waals surface area contributed by atoms with Crippen LogP contribution in [0.1, 0.15) is 90.4 Å². The summed E-state index contributed by atoms with van der Waals surface area (Å²) in [6, 6.07) is 0.854. The summed E-state index contributed by atoms with van der Waals surface area (Å²) in [4.78, 5) is 10.4. The van der Waals surface area contributed by atoms with E-state index in [0.29, 0.717) is 12.5 Å². The molecule has 0 aromatic heterocycles. The first kappa shape index (κ1) is 19.4. The van der Waals surface area contributed by atoms with Crippen LogP contribution < -0.4 is 5.32 Å². The zero-order valence-corrected chi connectivity index (χ0v) is 14.2. The van der Waals surface area contributed by atoms with E-state index >= 15 is 0 Å². The molecule has 0 aromatic carbocycles. The Balaban J connectivity index is 1.81. The highest BCUT2D eigenvalue weighted by Crippen LogP contribution is 2.18. The third kappa shape index (κ3) is 9.42. The van der Waals surface area contributed by atoms with Crippen molar-refractivity contribution in [2.75, 3.05) is 0 Å². The number of aliphatic hydroxyl groups is 1. The molecule has 1 aliphatic heterocycles. The molecule has 0 radical (unpaired) electrons. The Bertz CT molecular complexity index is 296. The van der Waals surface area contributed by atoms with Crippen LogP contribution in [0.15, 0.2) is 0 Å². The summed E-state index contributed by atoms with van der Waals surface area (Å²) in [6.07, 6.45) is 14.3. The predicted octanol–water partition coefficient (Wildman–Crippen LogP) is 3.86. The van der Waals surface area contributed by atoms with E-state index in [-0.39, 0.29) is 12.1 Å². The molecule has 1 rings (SSSR count). The zero-order chi connectivity index (χ0) is 16.2. The summed E-state index contributed by atoms with van der Waals surface area (Å²) in [6.45, 7) is 2.08. The second-order valence-electron chi connectivity index (χ2n) is 6.91. The second-order valence-corrected chi connectivity index (χ2v) is 6.91. The van der Waals surface area contributed by atoms with Crippen molar-refractivity contribution in [3.8, 4) is 0 Å². The van der Waals surface area contributed by atoms with Crippen molar-refractivity contribution in [3.05, 3.63) is 0 Å². The molecule has 4 nitrogen and oxygen atoms in total. The molecule has 0 saturated carbocycles. The Labute approximate surface area is 135 Å². The van der Waals surface area contributed by atoms with Crippen molar-refractivity contribution in [2.24, 2.45) is 0 Å². The Kier molecular flexibility index (Phi) is 10.5. The lowest BCUT2D eigenvalue weighted by molar-refractivity contribution is -0.137. The molecule has 0 spiro atoms. The van der Waals surface area contributed by atoms with Crippen LogP contribution in [-0.2, 0) is 4.79 Å². The van der Waals surface area contributed by atoms with Crippen LogP contribution in [0.3, 0.4) is 0 Å². The number of rotatable bonds is 12. The highest BCUT2D eigenvalue weighted by molar-refractivity contribution is 5.66. The van der Waals surface area contributed by atoms with Crippen LogP contribution in [0, 0.1) is 0 Å². The van der Waals surface area contributed by atoms with Crippen molar-refractivity contribution in [2.45, 2.75) is 109 Å². The van der Waals surface area contributed by atoms with Crippen molar-refractivity contribution in [1.82, 2.24) is 5.32 Å². The van der Waals surface area contributed by atoms with Crippen molar-refractivity contribution in [3.63, 3.8) is 0 Å². The number of hydrogen-bond donors (Lipinski definition) is 3. The number of unbranched alkanes of at least 4 members (excludes halogenated alkanes) is 8. The normalized spacial score (nSPS) is 25.3. The fourth-order valence-electron chi connectivity index (χ4n) is 3.32. The van der Waals surface area contributed by atoms with Crippen LogP contribution in [0.5, 0.6) is 0 Å². The molecule has 22 heavy (non-hydrogen) atoms. The van der Waals surface area contributed by atoms with Gasteiger partial charge in [-0.15, -0.1) is 0 Å². The fraction of sp³-hybridized carbons (Fsp3) is 0.944. The van der Waals surface area contributed by atoms with Gasteiger partial charge < -0.3 is 15.5 Å². The fourth-order valence-corrected chi connectivity index (χ4v) is 3.32. The topological polar surface area (TPSA) is 69.6 Å². The van der Waals surface area contributed by atoms with Gasteiger partial charge in [0, 0.05) is 18.5 Å². The van der Waals surface area contributed by atoms with Gasteiger partial charge in [0.15, 0.2) is 0 Å². The molecule has 0 bridgehead atoms. The minimum atomic E-state index is -0.670. The van der Waals surface area contributed by atoms with Crippen molar-refractivity contribution >= 4 is 5.97 Å². The van der Waals surface area contributed by atoms with Gasteiger partial charge in [0.1, 0.15) is 0 Å². The number of hydrogen-bond acceptors (Lipinski definition) is 3. The van der Waals surface area contributed by atoms with E-state index in [1.54, 1.807) is 0 Å². The lowest BCUT2D eigenvalue weighted by Gasteiger charge is -2.32. The van der Waals surface area contributed by atoms with Gasteiger partial charge in [-0.2, -0.15) is 0 Å². The Morgan fingerprint density at radius 1 is 0.955 bits per heavy atom. The highest BCUT2D eigenvalue weighted by Gasteiger charge is 2.24. The number of carbonyl (C=O) groups is 1. The summed E-state index contributed by atoms with van der Waals surface area (Å²) < 4.78 is 0. The number of carboxylic acid groups (broad SMARTS) is 1. The van der Waals surface area contributed by atoms with E-state index in [1.807, 2.05) is 0 Å². The van der Waals surface area contributed by atoms with E-state index in [0.717, 1.165) is 25.7 Å². The molecule has 3 atom stereocenters. The molecular formula is C18H35NO3. The lowest BCUT2D eigenvalue weighted by atomic mass is 9.93. The van der Waals surface area contributed by atoms with Crippen LogP contribution in [0.4, 0.5) is 0 Å². The first-order valence-corrected chi connectivity index (χ1v) is 9.25. The standard InChI is InChI=1S/C18H35NO3/c1-15-17(20)14-13-16(19-15)11-9-7-5-3-2-4-6-8-10-12-18(21)22/h15-17,19-20H,2-14H2,1H3,(H,21,22)/t15-,16+,17-/m0/s1. The van der Waals surface area contributed by atoms with Gasteiger partial charge in [-0.05, 0) is 32.6 Å². The van der Waals surface area contributed by atoms with Crippen LogP contribution in [-0.4, -0.2) is 34.4 Å². The lowest BCUT2D eigenvalue weighted by Crippen LogP contribution is -2.48. The molecule has 1 aliphatic rings. The van der Waals surface area contributed by atoms with Gasteiger partial charge in [0.25, 0.3) is 0 Å². The molecule has 130 valence electrons. The number of aliphatic hydroxyl groups excluding tert-OH is 1. The Morgan fingerprint density at radius 3 is 2.05 bits per heavy atom. The van der Waals surface area contributed by atoms with E-state index in [4.69, 9.17) is 5.11 Å². The molecule has 3 N–H and O–H groups in total. The summed E-state index contributed by atoms with van der Waals surface area (Å²) in [7, 11) is 0. The average molecular weight is 313 g/mol. The van der Waals surface area contributed by atoms with Gasteiger partial charge in [0.05, 0.1) is 6.10 Å². The van der Waals surface area contributed by atoms with Crippen LogP contribution in [0.25, 0.3) is 0 Å². The van der Waals surface area contributed by atoms with Gasteiger partial charge >= 0.3 is 5.97 Å². The average Bonchev–Trinajstić information content (AvgIpc) is 2.48. The number of piperidine rings is 1. The number of nitrogens with one attached hydrogen (secondary N) is 1. The maximum atomic E-state index is 10.4. The largest absolute Gasteiger partial charge is 0.481 e. The molecule has 1 heterocycles. The molecule has 1 saturated heterocycles. The predicted molar refractivity (Wildman–Crippen MR) is 90.0 cm³/mol. The summed E-state index contributed by atoms with van der Waals surface area (Å²) in [5.74, 6) is -0.670. The van der Waals surface area contributed by atoms with Crippen LogP contribution in [0.2, 0.25) is 0 Å².